The summed E-state index contributed by atoms with van der Waals surface area (Å²) in [7, 11) is 0.634. The van der Waals surface area contributed by atoms with E-state index >= 15 is 0 Å². The molecule has 0 unspecified atom stereocenters. The van der Waals surface area contributed by atoms with Crippen LogP contribution >= 0.6 is 12.2 Å². The van der Waals surface area contributed by atoms with E-state index in [9.17, 15) is 8.42 Å². The highest BCUT2D eigenvalue weighted by Gasteiger charge is 2.29. The van der Waals surface area contributed by atoms with E-state index in [2.05, 4.69) is 50.0 Å². The van der Waals surface area contributed by atoms with Gasteiger partial charge in [0, 0.05) is 32.7 Å². The van der Waals surface area contributed by atoms with Gasteiger partial charge >= 0.3 is 0 Å². The average molecular weight is 427 g/mol. The van der Waals surface area contributed by atoms with Crippen molar-refractivity contribution in [1.82, 2.24) is 19.4 Å². The molecular formula is C20H34N4O2S2. The maximum atomic E-state index is 13.0. The number of nitrogens with zero attached hydrogens (tertiary/aromatic N) is 3. The van der Waals surface area contributed by atoms with Crippen molar-refractivity contribution in [1.29, 1.82) is 0 Å². The Kier molecular flexibility index (Phi) is 7.84. The molecule has 0 amide bonds. The summed E-state index contributed by atoms with van der Waals surface area (Å²) in [5.74, 6) is 0. The van der Waals surface area contributed by atoms with E-state index in [1.807, 2.05) is 12.1 Å². The van der Waals surface area contributed by atoms with Crippen molar-refractivity contribution >= 4 is 27.4 Å². The molecule has 1 aliphatic rings. The highest BCUT2D eigenvalue weighted by molar-refractivity contribution is 7.89. The van der Waals surface area contributed by atoms with Gasteiger partial charge < -0.3 is 15.1 Å². The molecule has 8 heteroatoms. The summed E-state index contributed by atoms with van der Waals surface area (Å²) in [6.07, 6.45) is 1.02. The molecule has 28 heavy (non-hydrogen) atoms. The van der Waals surface area contributed by atoms with Crippen LogP contribution in [0.1, 0.15) is 32.8 Å². The standard InChI is InChI=1S/C20H34N4O2S2/c1-20(2,3)17-7-9-18(10-8-17)28(25,26)24-15-13-23(14-16-24)19(27)21-11-6-12-22(4)5/h7-10H,6,11-16H2,1-5H3,(H,21,27). The molecule has 1 aromatic rings. The zero-order valence-corrected chi connectivity index (χ0v) is 19.4. The second-order valence-corrected chi connectivity index (χ2v) is 10.9. The molecule has 1 aromatic carbocycles. The van der Waals surface area contributed by atoms with Gasteiger partial charge in [-0.15, -0.1) is 0 Å². The SMILES string of the molecule is CN(C)CCCNC(=S)N1CCN(S(=O)(=O)c2ccc(C(C)(C)C)cc2)CC1. The zero-order valence-electron chi connectivity index (χ0n) is 17.7. The topological polar surface area (TPSA) is 55.9 Å². The smallest absolute Gasteiger partial charge is 0.243 e. The Morgan fingerprint density at radius 2 is 1.68 bits per heavy atom. The van der Waals surface area contributed by atoms with Gasteiger partial charge in [-0.3, -0.25) is 0 Å². The lowest BCUT2D eigenvalue weighted by Gasteiger charge is -2.35. The fourth-order valence-corrected chi connectivity index (χ4v) is 4.82. The summed E-state index contributed by atoms with van der Waals surface area (Å²) >= 11 is 5.46. The van der Waals surface area contributed by atoms with E-state index in [1.54, 1.807) is 16.4 Å². The summed E-state index contributed by atoms with van der Waals surface area (Å²) in [5, 5.41) is 3.99. The quantitative estimate of drug-likeness (QED) is 0.555. The average Bonchev–Trinajstić information content (AvgIpc) is 2.64. The lowest BCUT2D eigenvalue weighted by molar-refractivity contribution is 0.263. The maximum absolute atomic E-state index is 13.0. The van der Waals surface area contributed by atoms with Crippen LogP contribution in [0.3, 0.4) is 0 Å². The summed E-state index contributed by atoms with van der Waals surface area (Å²) in [4.78, 5) is 4.56. The van der Waals surface area contributed by atoms with E-state index in [0.29, 0.717) is 36.2 Å². The first-order chi connectivity index (χ1) is 13.0. The van der Waals surface area contributed by atoms with Crippen LogP contribution in [-0.2, 0) is 15.4 Å². The van der Waals surface area contributed by atoms with E-state index in [-0.39, 0.29) is 5.41 Å². The zero-order chi connectivity index (χ0) is 20.9. The Labute approximate surface area is 175 Å². The van der Waals surface area contributed by atoms with E-state index in [0.717, 1.165) is 25.1 Å². The molecule has 0 atom stereocenters. The maximum Gasteiger partial charge on any atom is 0.243 e. The predicted molar refractivity (Wildman–Crippen MR) is 119 cm³/mol. The van der Waals surface area contributed by atoms with Crippen molar-refractivity contribution < 1.29 is 8.42 Å². The van der Waals surface area contributed by atoms with Crippen molar-refractivity contribution in [2.24, 2.45) is 0 Å². The Hall–Kier alpha value is -1.22. The van der Waals surface area contributed by atoms with Gasteiger partial charge in [0.25, 0.3) is 0 Å². The number of thiocarbonyl (C=S) groups is 1. The number of sulfonamides is 1. The molecule has 1 fully saturated rings. The predicted octanol–water partition coefficient (Wildman–Crippen LogP) is 2.12. The molecule has 0 spiro atoms. The molecule has 0 aliphatic carbocycles. The minimum absolute atomic E-state index is 0.00313. The molecule has 1 heterocycles. The summed E-state index contributed by atoms with van der Waals surface area (Å²) in [5.41, 5.74) is 1.13. The molecule has 1 aliphatic heterocycles. The van der Waals surface area contributed by atoms with Crippen LogP contribution in [0.2, 0.25) is 0 Å². The fraction of sp³-hybridized carbons (Fsp3) is 0.650. The highest BCUT2D eigenvalue weighted by Crippen LogP contribution is 2.25. The minimum Gasteiger partial charge on any atom is -0.363 e. The van der Waals surface area contributed by atoms with E-state index < -0.39 is 10.0 Å². The van der Waals surface area contributed by atoms with Crippen LogP contribution in [0, 0.1) is 0 Å². The lowest BCUT2D eigenvalue weighted by atomic mass is 9.87. The van der Waals surface area contributed by atoms with Gasteiger partial charge in [0.05, 0.1) is 4.90 Å². The van der Waals surface area contributed by atoms with Crippen LogP contribution in [0.15, 0.2) is 29.2 Å². The largest absolute Gasteiger partial charge is 0.363 e. The molecule has 0 bridgehead atoms. The monoisotopic (exact) mass is 426 g/mol. The molecular weight excluding hydrogens is 392 g/mol. The van der Waals surface area contributed by atoms with Crippen molar-refractivity contribution in [2.75, 3.05) is 53.4 Å². The van der Waals surface area contributed by atoms with Crippen LogP contribution in [0.4, 0.5) is 0 Å². The van der Waals surface area contributed by atoms with Crippen LogP contribution in [-0.4, -0.2) is 81.0 Å². The lowest BCUT2D eigenvalue weighted by Crippen LogP contribution is -2.53. The Bertz CT molecular complexity index is 747. The molecule has 0 aromatic heterocycles. The van der Waals surface area contributed by atoms with Gasteiger partial charge in [-0.25, -0.2) is 8.42 Å². The van der Waals surface area contributed by atoms with Gasteiger partial charge in [-0.05, 0) is 62.4 Å². The van der Waals surface area contributed by atoms with E-state index in [1.165, 1.54) is 0 Å². The molecule has 1 N–H and O–H groups in total. The van der Waals surface area contributed by atoms with Crippen molar-refractivity contribution in [2.45, 2.75) is 37.5 Å². The first-order valence-corrected chi connectivity index (χ1v) is 11.6. The molecule has 0 radical (unpaired) electrons. The van der Waals surface area contributed by atoms with Gasteiger partial charge in [-0.2, -0.15) is 4.31 Å². The number of hydrogen-bond donors (Lipinski definition) is 1. The number of nitrogens with one attached hydrogen (secondary N) is 1. The Morgan fingerprint density at radius 1 is 1.11 bits per heavy atom. The van der Waals surface area contributed by atoms with Gasteiger partial charge in [-0.1, -0.05) is 32.9 Å². The molecule has 158 valence electrons. The third kappa shape index (κ3) is 6.14. The Morgan fingerprint density at radius 3 is 2.18 bits per heavy atom. The third-order valence-electron chi connectivity index (χ3n) is 4.94. The number of benzene rings is 1. The van der Waals surface area contributed by atoms with Crippen LogP contribution in [0.25, 0.3) is 0 Å². The molecule has 6 nitrogen and oxygen atoms in total. The van der Waals surface area contributed by atoms with Crippen LogP contribution < -0.4 is 5.32 Å². The second-order valence-electron chi connectivity index (χ2n) is 8.55. The van der Waals surface area contributed by atoms with Crippen molar-refractivity contribution in [3.05, 3.63) is 29.8 Å². The number of rotatable bonds is 6. The van der Waals surface area contributed by atoms with Gasteiger partial charge in [0.15, 0.2) is 5.11 Å². The summed E-state index contributed by atoms with van der Waals surface area (Å²) in [6, 6.07) is 7.27. The normalized spacial score (nSPS) is 16.4. The first-order valence-electron chi connectivity index (χ1n) is 9.80. The van der Waals surface area contributed by atoms with Crippen molar-refractivity contribution in [3.63, 3.8) is 0 Å². The Balaban J connectivity index is 1.90. The number of hydrogen-bond acceptors (Lipinski definition) is 4. The molecule has 0 saturated carbocycles. The molecule has 2 rings (SSSR count). The van der Waals surface area contributed by atoms with Gasteiger partial charge in [0.1, 0.15) is 0 Å². The van der Waals surface area contributed by atoms with E-state index in [4.69, 9.17) is 12.2 Å². The highest BCUT2D eigenvalue weighted by atomic mass is 32.2. The summed E-state index contributed by atoms with van der Waals surface area (Å²) < 4.78 is 27.5. The van der Waals surface area contributed by atoms with Gasteiger partial charge in [0.2, 0.25) is 10.0 Å². The number of piperazine rings is 1. The second kappa shape index (κ2) is 9.52. The molecule has 1 saturated heterocycles. The first kappa shape index (κ1) is 23.1. The van der Waals surface area contributed by atoms with Crippen molar-refractivity contribution in [3.8, 4) is 0 Å². The summed E-state index contributed by atoms with van der Waals surface area (Å²) in [6.45, 7) is 10.3. The minimum atomic E-state index is -3.47. The third-order valence-corrected chi connectivity index (χ3v) is 7.26. The fourth-order valence-electron chi connectivity index (χ4n) is 3.11. The van der Waals surface area contributed by atoms with Crippen LogP contribution in [0.5, 0.6) is 0 Å².